The molecule has 0 radical (unpaired) electrons. The van der Waals surface area contributed by atoms with E-state index in [0.717, 1.165) is 5.56 Å². The van der Waals surface area contributed by atoms with Crippen LogP contribution < -0.4 is 11.3 Å². The van der Waals surface area contributed by atoms with Crippen LogP contribution in [0.25, 0.3) is 0 Å². The summed E-state index contributed by atoms with van der Waals surface area (Å²) in [6.45, 7) is 2.08. The van der Waals surface area contributed by atoms with Gasteiger partial charge in [-0.1, -0.05) is 18.2 Å². The van der Waals surface area contributed by atoms with Crippen molar-refractivity contribution in [2.24, 2.45) is 12.9 Å². The standard InChI is InChI=1S/C11H15IN6/c1-7-4-3-5-8(11(7)12)9(14-13)6-10-15-17-18(2)16-10/h3-5,9,14H,6,13H2,1-2H3. The third kappa shape index (κ3) is 2.85. The summed E-state index contributed by atoms with van der Waals surface area (Å²) in [5.74, 6) is 6.32. The van der Waals surface area contributed by atoms with Gasteiger partial charge in [0.1, 0.15) is 0 Å². The van der Waals surface area contributed by atoms with Gasteiger partial charge in [0, 0.05) is 9.99 Å². The van der Waals surface area contributed by atoms with Crippen molar-refractivity contribution in [3.8, 4) is 0 Å². The van der Waals surface area contributed by atoms with E-state index in [9.17, 15) is 0 Å². The maximum absolute atomic E-state index is 5.64. The minimum absolute atomic E-state index is 0.0130. The summed E-state index contributed by atoms with van der Waals surface area (Å²) in [6.07, 6.45) is 0.615. The molecule has 0 spiro atoms. The van der Waals surface area contributed by atoms with Gasteiger partial charge in [0.15, 0.2) is 5.82 Å². The molecule has 1 heterocycles. The molecular weight excluding hydrogens is 343 g/mol. The van der Waals surface area contributed by atoms with Gasteiger partial charge >= 0.3 is 0 Å². The van der Waals surface area contributed by atoms with Crippen molar-refractivity contribution in [2.45, 2.75) is 19.4 Å². The Morgan fingerprint density at radius 1 is 1.50 bits per heavy atom. The van der Waals surface area contributed by atoms with Gasteiger partial charge in [-0.2, -0.15) is 4.80 Å². The molecule has 1 atom stereocenters. The molecule has 0 aliphatic heterocycles. The Morgan fingerprint density at radius 2 is 2.28 bits per heavy atom. The molecule has 2 aromatic rings. The summed E-state index contributed by atoms with van der Waals surface area (Å²) in [5.41, 5.74) is 5.22. The maximum Gasteiger partial charge on any atom is 0.176 e. The van der Waals surface area contributed by atoms with Gasteiger partial charge in [-0.05, 0) is 45.9 Å². The molecule has 0 saturated carbocycles. The van der Waals surface area contributed by atoms with Gasteiger partial charge < -0.3 is 0 Å². The zero-order valence-electron chi connectivity index (χ0n) is 10.3. The smallest absolute Gasteiger partial charge is 0.176 e. The van der Waals surface area contributed by atoms with Crippen LogP contribution in [-0.4, -0.2) is 20.2 Å². The minimum atomic E-state index is -0.0130. The second kappa shape index (κ2) is 5.72. The number of nitrogens with one attached hydrogen (secondary N) is 1. The molecule has 0 bridgehead atoms. The van der Waals surface area contributed by atoms with Crippen molar-refractivity contribution in [3.63, 3.8) is 0 Å². The summed E-state index contributed by atoms with van der Waals surface area (Å²) < 4.78 is 1.21. The number of halogens is 1. The molecule has 7 heteroatoms. The summed E-state index contributed by atoms with van der Waals surface area (Å²) >= 11 is 2.33. The highest BCUT2D eigenvalue weighted by atomic mass is 127. The van der Waals surface area contributed by atoms with E-state index in [1.807, 2.05) is 6.07 Å². The van der Waals surface area contributed by atoms with Crippen LogP contribution >= 0.6 is 22.6 Å². The molecule has 1 aromatic carbocycles. The highest BCUT2D eigenvalue weighted by Gasteiger charge is 2.17. The number of hydrogen-bond donors (Lipinski definition) is 2. The molecule has 0 fully saturated rings. The topological polar surface area (TPSA) is 81.7 Å². The predicted molar refractivity (Wildman–Crippen MR) is 76.5 cm³/mol. The van der Waals surface area contributed by atoms with Gasteiger partial charge in [0.05, 0.1) is 13.1 Å². The lowest BCUT2D eigenvalue weighted by atomic mass is 10.0. The first-order chi connectivity index (χ1) is 8.61. The maximum atomic E-state index is 5.64. The Morgan fingerprint density at radius 3 is 2.89 bits per heavy atom. The normalized spacial score (nSPS) is 12.7. The van der Waals surface area contributed by atoms with E-state index in [1.165, 1.54) is 13.9 Å². The van der Waals surface area contributed by atoms with Crippen LogP contribution in [0.2, 0.25) is 0 Å². The quantitative estimate of drug-likeness (QED) is 0.482. The molecular formula is C11H15IN6. The average molecular weight is 358 g/mol. The van der Waals surface area contributed by atoms with Gasteiger partial charge in [-0.3, -0.25) is 11.3 Å². The highest BCUT2D eigenvalue weighted by molar-refractivity contribution is 14.1. The van der Waals surface area contributed by atoms with Crippen molar-refractivity contribution in [2.75, 3.05) is 0 Å². The van der Waals surface area contributed by atoms with Crippen LogP contribution in [-0.2, 0) is 13.5 Å². The van der Waals surface area contributed by atoms with Gasteiger partial charge in [-0.15, -0.1) is 10.2 Å². The van der Waals surface area contributed by atoms with E-state index in [4.69, 9.17) is 5.84 Å². The van der Waals surface area contributed by atoms with Crippen LogP contribution in [0, 0.1) is 10.5 Å². The van der Waals surface area contributed by atoms with Crippen LogP contribution in [0.4, 0.5) is 0 Å². The van der Waals surface area contributed by atoms with Crippen LogP contribution in [0.1, 0.15) is 23.0 Å². The Bertz CT molecular complexity index is 538. The van der Waals surface area contributed by atoms with E-state index >= 15 is 0 Å². The largest absolute Gasteiger partial charge is 0.271 e. The number of tetrazole rings is 1. The van der Waals surface area contributed by atoms with Crippen molar-refractivity contribution in [1.29, 1.82) is 0 Å². The lowest BCUT2D eigenvalue weighted by Gasteiger charge is -2.17. The lowest BCUT2D eigenvalue weighted by Crippen LogP contribution is -2.30. The number of aromatic nitrogens is 4. The van der Waals surface area contributed by atoms with Crippen molar-refractivity contribution < 1.29 is 0 Å². The zero-order chi connectivity index (χ0) is 13.1. The summed E-state index contributed by atoms with van der Waals surface area (Å²) in [6, 6.07) is 6.16. The Kier molecular flexibility index (Phi) is 4.25. The first-order valence-electron chi connectivity index (χ1n) is 5.56. The molecule has 2 rings (SSSR count). The van der Waals surface area contributed by atoms with Crippen LogP contribution in [0.5, 0.6) is 0 Å². The van der Waals surface area contributed by atoms with Gasteiger partial charge in [-0.25, -0.2) is 0 Å². The van der Waals surface area contributed by atoms with E-state index in [1.54, 1.807) is 7.05 Å². The fraction of sp³-hybridized carbons (Fsp3) is 0.364. The summed E-state index contributed by atoms with van der Waals surface area (Å²) in [4.78, 5) is 1.45. The molecule has 3 N–H and O–H groups in total. The molecule has 6 nitrogen and oxygen atoms in total. The monoisotopic (exact) mass is 358 g/mol. The number of nitrogens with zero attached hydrogens (tertiary/aromatic N) is 4. The third-order valence-corrected chi connectivity index (χ3v) is 4.21. The van der Waals surface area contributed by atoms with Crippen molar-refractivity contribution >= 4 is 22.6 Å². The van der Waals surface area contributed by atoms with E-state index in [2.05, 4.69) is 62.5 Å². The predicted octanol–water partition coefficient (Wildman–Crippen LogP) is 0.870. The molecule has 1 aromatic heterocycles. The van der Waals surface area contributed by atoms with E-state index < -0.39 is 0 Å². The van der Waals surface area contributed by atoms with Crippen LogP contribution in [0.3, 0.4) is 0 Å². The minimum Gasteiger partial charge on any atom is -0.271 e. The number of hydrogen-bond acceptors (Lipinski definition) is 5. The first kappa shape index (κ1) is 13.4. The fourth-order valence-electron chi connectivity index (χ4n) is 1.79. The Labute approximate surface area is 119 Å². The first-order valence-corrected chi connectivity index (χ1v) is 6.63. The lowest BCUT2D eigenvalue weighted by molar-refractivity contribution is 0.534. The van der Waals surface area contributed by atoms with Crippen LogP contribution in [0.15, 0.2) is 18.2 Å². The van der Waals surface area contributed by atoms with Gasteiger partial charge in [0.2, 0.25) is 0 Å². The molecule has 0 saturated heterocycles. The number of nitrogens with two attached hydrogens (primary N) is 1. The number of rotatable bonds is 4. The van der Waals surface area contributed by atoms with Gasteiger partial charge in [0.25, 0.3) is 0 Å². The second-order valence-corrected chi connectivity index (χ2v) is 5.18. The fourth-order valence-corrected chi connectivity index (χ4v) is 2.52. The molecule has 0 aliphatic rings. The summed E-state index contributed by atoms with van der Waals surface area (Å²) in [7, 11) is 1.75. The van der Waals surface area contributed by atoms with E-state index in [-0.39, 0.29) is 6.04 Å². The third-order valence-electron chi connectivity index (χ3n) is 2.73. The Hall–Kier alpha value is -1.06. The zero-order valence-corrected chi connectivity index (χ0v) is 12.4. The molecule has 96 valence electrons. The molecule has 1 unspecified atom stereocenters. The molecule has 0 aliphatic carbocycles. The Balaban J connectivity index is 2.25. The molecule has 0 amide bonds. The average Bonchev–Trinajstić information content (AvgIpc) is 2.76. The summed E-state index contributed by atoms with van der Waals surface area (Å²) in [5, 5.41) is 12.0. The second-order valence-electron chi connectivity index (χ2n) is 4.10. The SMILES string of the molecule is Cc1cccc(C(Cc2nnn(C)n2)NN)c1I. The van der Waals surface area contributed by atoms with E-state index in [0.29, 0.717) is 12.2 Å². The highest BCUT2D eigenvalue weighted by Crippen LogP contribution is 2.24. The van der Waals surface area contributed by atoms with Crippen molar-refractivity contribution in [1.82, 2.24) is 25.6 Å². The number of hydrazine groups is 1. The van der Waals surface area contributed by atoms with Crippen molar-refractivity contribution in [3.05, 3.63) is 38.7 Å². The molecule has 18 heavy (non-hydrogen) atoms. The number of benzene rings is 1. The number of aryl methyl sites for hydroxylation is 2.